The fourth-order valence-corrected chi connectivity index (χ4v) is 2.86. The quantitative estimate of drug-likeness (QED) is 0.739. The molecule has 0 amide bonds. The van der Waals surface area contributed by atoms with Crippen molar-refractivity contribution in [2.24, 2.45) is 0 Å². The molecule has 3 nitrogen and oxygen atoms in total. The second kappa shape index (κ2) is 5.81. The van der Waals surface area contributed by atoms with Gasteiger partial charge in [-0.3, -0.25) is 4.79 Å². The van der Waals surface area contributed by atoms with Crippen LogP contribution >= 0.6 is 11.3 Å². The molecule has 0 saturated carbocycles. The summed E-state index contributed by atoms with van der Waals surface area (Å²) in [7, 11) is 0. The summed E-state index contributed by atoms with van der Waals surface area (Å²) in [6.45, 7) is 2.21. The maximum Gasteiger partial charge on any atom is 0.251 e. The van der Waals surface area contributed by atoms with Gasteiger partial charge in [0.25, 0.3) is 5.56 Å². The zero-order valence-electron chi connectivity index (χ0n) is 11.7. The third kappa shape index (κ3) is 2.96. The summed E-state index contributed by atoms with van der Waals surface area (Å²) in [6.07, 6.45) is 1.72. The third-order valence-electron chi connectivity index (χ3n) is 3.22. The van der Waals surface area contributed by atoms with Crippen molar-refractivity contribution in [3.63, 3.8) is 0 Å². The maximum absolute atomic E-state index is 13.3. The largest absolute Gasteiger partial charge is 0.309 e. The Labute approximate surface area is 129 Å². The normalized spacial score (nSPS) is 10.9. The number of rotatable bonds is 3. The van der Waals surface area contributed by atoms with E-state index in [1.165, 1.54) is 17.4 Å². The molecule has 0 aliphatic heterocycles. The van der Waals surface area contributed by atoms with E-state index in [1.807, 2.05) is 13.0 Å². The molecule has 0 radical (unpaired) electrons. The van der Waals surface area contributed by atoms with E-state index in [1.54, 1.807) is 22.2 Å². The van der Waals surface area contributed by atoms with Gasteiger partial charge in [0.2, 0.25) is 0 Å². The van der Waals surface area contributed by atoms with Crippen LogP contribution in [-0.2, 0) is 6.54 Å². The van der Waals surface area contributed by atoms with Crippen LogP contribution in [0.25, 0.3) is 11.3 Å². The smallest absolute Gasteiger partial charge is 0.251 e. The van der Waals surface area contributed by atoms with E-state index in [9.17, 15) is 13.6 Å². The summed E-state index contributed by atoms with van der Waals surface area (Å²) in [6, 6.07) is 7.09. The summed E-state index contributed by atoms with van der Waals surface area (Å²) in [5.74, 6) is -1.78. The summed E-state index contributed by atoms with van der Waals surface area (Å²) in [5, 5.41) is 2.49. The number of aryl methyl sites for hydroxylation is 1. The van der Waals surface area contributed by atoms with Crippen molar-refractivity contribution in [1.29, 1.82) is 0 Å². The molecule has 0 saturated heterocycles. The van der Waals surface area contributed by atoms with Crippen LogP contribution in [0, 0.1) is 18.6 Å². The van der Waals surface area contributed by atoms with E-state index < -0.39 is 11.6 Å². The Kier molecular flexibility index (Phi) is 3.85. The van der Waals surface area contributed by atoms with Gasteiger partial charge in [-0.1, -0.05) is 0 Å². The van der Waals surface area contributed by atoms with E-state index in [4.69, 9.17) is 0 Å². The second-order valence-electron chi connectivity index (χ2n) is 4.93. The average Bonchev–Trinajstić information content (AvgIpc) is 2.93. The number of nitrogens with zero attached hydrogens (tertiary/aromatic N) is 2. The summed E-state index contributed by atoms with van der Waals surface area (Å²) in [4.78, 5) is 16.2. The molecule has 6 heteroatoms. The van der Waals surface area contributed by atoms with Crippen LogP contribution in [0.5, 0.6) is 0 Å². The molecule has 0 fully saturated rings. The van der Waals surface area contributed by atoms with Crippen LogP contribution in [0.15, 0.2) is 46.7 Å². The number of pyridine rings is 1. The van der Waals surface area contributed by atoms with Gasteiger partial charge < -0.3 is 4.57 Å². The number of aromatic nitrogens is 2. The second-order valence-corrected chi connectivity index (χ2v) is 5.87. The molecule has 112 valence electrons. The lowest BCUT2D eigenvalue weighted by Crippen LogP contribution is -2.19. The van der Waals surface area contributed by atoms with Crippen molar-refractivity contribution in [3.8, 4) is 11.3 Å². The summed E-state index contributed by atoms with van der Waals surface area (Å²) >= 11 is 1.38. The van der Waals surface area contributed by atoms with Gasteiger partial charge in [-0.15, -0.1) is 11.3 Å². The number of halogens is 2. The maximum atomic E-state index is 13.3. The van der Waals surface area contributed by atoms with Crippen LogP contribution in [0.1, 0.15) is 10.6 Å². The Morgan fingerprint density at radius 2 is 2.00 bits per heavy atom. The molecule has 0 aliphatic rings. The Bertz CT molecular complexity index is 886. The molecular formula is C16H12F2N2OS. The van der Waals surface area contributed by atoms with Gasteiger partial charge in [0.1, 0.15) is 5.01 Å². The Balaban J connectivity index is 1.87. The SMILES string of the molecule is Cc1ccn(Cc2nc(-c3ccc(F)c(F)c3)cs2)c(=O)c1. The highest BCUT2D eigenvalue weighted by Crippen LogP contribution is 2.23. The molecule has 3 rings (SSSR count). The fourth-order valence-electron chi connectivity index (χ4n) is 2.05. The van der Waals surface area contributed by atoms with Crippen LogP contribution < -0.4 is 5.56 Å². The lowest BCUT2D eigenvalue weighted by molar-refractivity contribution is 0.509. The van der Waals surface area contributed by atoms with Gasteiger partial charge in [0.05, 0.1) is 12.2 Å². The minimum absolute atomic E-state index is 0.0930. The Morgan fingerprint density at radius 3 is 2.73 bits per heavy atom. The van der Waals surface area contributed by atoms with Crippen LogP contribution in [0.3, 0.4) is 0 Å². The van der Waals surface area contributed by atoms with Crippen molar-refractivity contribution < 1.29 is 8.78 Å². The number of hydrogen-bond acceptors (Lipinski definition) is 3. The van der Waals surface area contributed by atoms with Crippen LogP contribution in [0.4, 0.5) is 8.78 Å². The predicted octanol–water partition coefficient (Wildman–Crippen LogP) is 3.61. The zero-order valence-corrected chi connectivity index (χ0v) is 12.5. The topological polar surface area (TPSA) is 34.9 Å². The molecule has 0 bridgehead atoms. The molecule has 2 aromatic heterocycles. The summed E-state index contributed by atoms with van der Waals surface area (Å²) in [5.41, 5.74) is 1.89. The Morgan fingerprint density at radius 1 is 1.18 bits per heavy atom. The molecule has 0 aliphatic carbocycles. The molecule has 1 aromatic carbocycles. The molecule has 0 unspecified atom stereocenters. The third-order valence-corrected chi connectivity index (χ3v) is 4.06. The first-order valence-corrected chi connectivity index (χ1v) is 7.48. The highest BCUT2D eigenvalue weighted by Gasteiger charge is 2.09. The van der Waals surface area contributed by atoms with Gasteiger partial charge in [-0.2, -0.15) is 0 Å². The molecule has 0 N–H and O–H groups in total. The summed E-state index contributed by atoms with van der Waals surface area (Å²) < 4.78 is 27.8. The van der Waals surface area contributed by atoms with E-state index in [0.29, 0.717) is 17.8 Å². The monoisotopic (exact) mass is 318 g/mol. The molecule has 22 heavy (non-hydrogen) atoms. The van der Waals surface area contributed by atoms with Gasteiger partial charge in [0, 0.05) is 23.2 Å². The molecule has 0 atom stereocenters. The van der Waals surface area contributed by atoms with Gasteiger partial charge in [-0.05, 0) is 36.8 Å². The minimum Gasteiger partial charge on any atom is -0.309 e. The van der Waals surface area contributed by atoms with Gasteiger partial charge >= 0.3 is 0 Å². The molecular weight excluding hydrogens is 306 g/mol. The number of hydrogen-bond donors (Lipinski definition) is 0. The van der Waals surface area contributed by atoms with Gasteiger partial charge in [0.15, 0.2) is 11.6 Å². The van der Waals surface area contributed by atoms with Gasteiger partial charge in [-0.25, -0.2) is 13.8 Å². The number of benzene rings is 1. The van der Waals surface area contributed by atoms with E-state index >= 15 is 0 Å². The highest BCUT2D eigenvalue weighted by atomic mass is 32.1. The standard InChI is InChI=1S/C16H12F2N2OS/c1-10-4-5-20(16(21)6-10)8-15-19-14(9-22-15)11-2-3-12(17)13(18)7-11/h2-7,9H,8H2,1H3. The first kappa shape index (κ1) is 14.6. The lowest BCUT2D eigenvalue weighted by Gasteiger charge is -2.03. The van der Waals surface area contributed by atoms with Crippen LogP contribution in [0.2, 0.25) is 0 Å². The van der Waals surface area contributed by atoms with Crippen molar-refractivity contribution >= 4 is 11.3 Å². The predicted molar refractivity (Wildman–Crippen MR) is 82.0 cm³/mol. The Hall–Kier alpha value is -2.34. The van der Waals surface area contributed by atoms with Crippen molar-refractivity contribution in [3.05, 3.63) is 74.5 Å². The lowest BCUT2D eigenvalue weighted by atomic mass is 10.2. The average molecular weight is 318 g/mol. The highest BCUT2D eigenvalue weighted by molar-refractivity contribution is 7.09. The van der Waals surface area contributed by atoms with E-state index in [0.717, 1.165) is 22.7 Å². The minimum atomic E-state index is -0.901. The first-order valence-electron chi connectivity index (χ1n) is 6.60. The molecule has 2 heterocycles. The van der Waals surface area contributed by atoms with E-state index in [-0.39, 0.29) is 5.56 Å². The van der Waals surface area contributed by atoms with E-state index in [2.05, 4.69) is 4.98 Å². The zero-order chi connectivity index (χ0) is 15.7. The van der Waals surface area contributed by atoms with Crippen molar-refractivity contribution in [2.75, 3.05) is 0 Å². The van der Waals surface area contributed by atoms with Crippen molar-refractivity contribution in [2.45, 2.75) is 13.5 Å². The van der Waals surface area contributed by atoms with Crippen molar-refractivity contribution in [1.82, 2.24) is 9.55 Å². The fraction of sp³-hybridized carbons (Fsp3) is 0.125. The molecule has 0 spiro atoms. The number of thiazole rings is 1. The molecule has 3 aromatic rings. The first-order chi connectivity index (χ1) is 10.5. The van der Waals surface area contributed by atoms with Crippen LogP contribution in [-0.4, -0.2) is 9.55 Å².